The van der Waals surface area contributed by atoms with Crippen LogP contribution in [0.25, 0.3) is 0 Å². The highest BCUT2D eigenvalue weighted by molar-refractivity contribution is 5.30. The van der Waals surface area contributed by atoms with Crippen molar-refractivity contribution in [3.63, 3.8) is 0 Å². The van der Waals surface area contributed by atoms with Gasteiger partial charge in [-0.15, -0.1) is 0 Å². The molecule has 1 atom stereocenters. The van der Waals surface area contributed by atoms with Gasteiger partial charge in [-0.05, 0) is 51.6 Å². The maximum atomic E-state index is 13.8. The Kier molecular flexibility index (Phi) is 5.22. The summed E-state index contributed by atoms with van der Waals surface area (Å²) in [6.45, 7) is 3.02. The van der Waals surface area contributed by atoms with Gasteiger partial charge in [-0.3, -0.25) is 0 Å². The SMILES string of the molecule is COc1ccc(C(C)NCC2(N(C)C)CCCC2)cc1F. The number of hydrogen-bond donors (Lipinski definition) is 1. The molecule has 2 rings (SSSR count). The molecule has 0 aromatic heterocycles. The average molecular weight is 294 g/mol. The molecule has 3 nitrogen and oxygen atoms in total. The zero-order valence-electron chi connectivity index (χ0n) is 13.6. The first-order valence-electron chi connectivity index (χ1n) is 7.73. The maximum Gasteiger partial charge on any atom is 0.165 e. The van der Waals surface area contributed by atoms with Crippen LogP contribution in [-0.2, 0) is 0 Å². The van der Waals surface area contributed by atoms with E-state index >= 15 is 0 Å². The standard InChI is InChI=1S/C17H27FN2O/c1-13(14-7-8-16(21-4)15(18)11-14)19-12-17(20(2)3)9-5-6-10-17/h7-8,11,13,19H,5-6,9-10,12H2,1-4H3. The van der Waals surface area contributed by atoms with Crippen molar-refractivity contribution in [1.29, 1.82) is 0 Å². The Bertz CT molecular complexity index is 470. The molecule has 1 aromatic rings. The Balaban J connectivity index is 2.01. The second kappa shape index (κ2) is 6.75. The number of methoxy groups -OCH3 is 1. The fourth-order valence-corrected chi connectivity index (χ4v) is 3.23. The molecule has 0 heterocycles. The van der Waals surface area contributed by atoms with E-state index in [1.807, 2.05) is 6.07 Å². The molecule has 1 unspecified atom stereocenters. The summed E-state index contributed by atoms with van der Waals surface area (Å²) in [5, 5.41) is 3.58. The molecular weight excluding hydrogens is 267 g/mol. The maximum absolute atomic E-state index is 13.8. The summed E-state index contributed by atoms with van der Waals surface area (Å²) in [4.78, 5) is 2.34. The number of halogens is 1. The minimum absolute atomic E-state index is 0.128. The quantitative estimate of drug-likeness (QED) is 0.870. The Morgan fingerprint density at radius 2 is 2.00 bits per heavy atom. The van der Waals surface area contributed by atoms with Crippen LogP contribution in [0.5, 0.6) is 5.75 Å². The molecule has 1 fully saturated rings. The van der Waals surface area contributed by atoms with E-state index < -0.39 is 0 Å². The first-order valence-corrected chi connectivity index (χ1v) is 7.73. The number of ether oxygens (including phenoxy) is 1. The van der Waals surface area contributed by atoms with Crippen molar-refractivity contribution in [3.8, 4) is 5.75 Å². The van der Waals surface area contributed by atoms with Crippen LogP contribution in [0.4, 0.5) is 4.39 Å². The van der Waals surface area contributed by atoms with Crippen LogP contribution in [0.2, 0.25) is 0 Å². The Morgan fingerprint density at radius 1 is 1.33 bits per heavy atom. The second-order valence-electron chi connectivity index (χ2n) is 6.32. The number of nitrogens with one attached hydrogen (secondary N) is 1. The zero-order chi connectivity index (χ0) is 15.5. The molecule has 4 heteroatoms. The molecule has 0 bridgehead atoms. The van der Waals surface area contributed by atoms with Gasteiger partial charge in [-0.1, -0.05) is 18.9 Å². The summed E-state index contributed by atoms with van der Waals surface area (Å²) in [6.07, 6.45) is 5.06. The zero-order valence-corrected chi connectivity index (χ0v) is 13.6. The third kappa shape index (κ3) is 3.55. The van der Waals surface area contributed by atoms with Crippen LogP contribution in [0.15, 0.2) is 18.2 Å². The largest absolute Gasteiger partial charge is 0.494 e. The molecule has 0 radical (unpaired) electrons. The lowest BCUT2D eigenvalue weighted by atomic mass is 9.95. The molecule has 1 N–H and O–H groups in total. The lowest BCUT2D eigenvalue weighted by Gasteiger charge is -2.37. The highest BCUT2D eigenvalue weighted by Gasteiger charge is 2.35. The van der Waals surface area contributed by atoms with Gasteiger partial charge in [0.2, 0.25) is 0 Å². The van der Waals surface area contributed by atoms with E-state index in [0.29, 0.717) is 5.75 Å². The van der Waals surface area contributed by atoms with E-state index in [1.54, 1.807) is 12.1 Å². The van der Waals surface area contributed by atoms with Gasteiger partial charge >= 0.3 is 0 Å². The van der Waals surface area contributed by atoms with Gasteiger partial charge in [-0.25, -0.2) is 4.39 Å². The van der Waals surface area contributed by atoms with Gasteiger partial charge < -0.3 is 15.0 Å². The van der Waals surface area contributed by atoms with E-state index in [1.165, 1.54) is 32.8 Å². The Morgan fingerprint density at radius 3 is 2.52 bits per heavy atom. The molecular formula is C17H27FN2O. The Labute approximate surface area is 127 Å². The fraction of sp³-hybridized carbons (Fsp3) is 0.647. The van der Waals surface area contributed by atoms with Gasteiger partial charge in [0.25, 0.3) is 0 Å². The first kappa shape index (κ1) is 16.2. The van der Waals surface area contributed by atoms with Crippen LogP contribution in [0, 0.1) is 5.82 Å². The summed E-state index contributed by atoms with van der Waals surface area (Å²) in [5.41, 5.74) is 1.21. The highest BCUT2D eigenvalue weighted by Crippen LogP contribution is 2.33. The summed E-state index contributed by atoms with van der Waals surface area (Å²) in [5.74, 6) is -0.00153. The smallest absolute Gasteiger partial charge is 0.165 e. The number of hydrogen-bond acceptors (Lipinski definition) is 3. The van der Waals surface area contributed by atoms with E-state index in [4.69, 9.17) is 4.74 Å². The van der Waals surface area contributed by atoms with Crippen molar-refractivity contribution >= 4 is 0 Å². The summed E-state index contributed by atoms with van der Waals surface area (Å²) >= 11 is 0. The molecule has 118 valence electrons. The third-order valence-corrected chi connectivity index (χ3v) is 4.90. The summed E-state index contributed by atoms with van der Waals surface area (Å²) in [7, 11) is 5.80. The second-order valence-corrected chi connectivity index (χ2v) is 6.32. The van der Waals surface area contributed by atoms with Crippen LogP contribution >= 0.6 is 0 Å². The molecule has 1 aromatic carbocycles. The number of rotatable bonds is 6. The molecule has 0 saturated heterocycles. The van der Waals surface area contributed by atoms with Gasteiger partial charge in [0, 0.05) is 18.1 Å². The van der Waals surface area contributed by atoms with Crippen molar-refractivity contribution in [2.45, 2.75) is 44.2 Å². The van der Waals surface area contributed by atoms with Gasteiger partial charge in [-0.2, -0.15) is 0 Å². The van der Waals surface area contributed by atoms with E-state index in [2.05, 4.69) is 31.2 Å². The normalized spacial score (nSPS) is 19.0. The lowest BCUT2D eigenvalue weighted by molar-refractivity contribution is 0.150. The third-order valence-electron chi connectivity index (χ3n) is 4.90. The number of benzene rings is 1. The number of likely N-dealkylation sites (N-methyl/N-ethyl adjacent to an activating group) is 1. The van der Waals surface area contributed by atoms with E-state index in [9.17, 15) is 4.39 Å². The topological polar surface area (TPSA) is 24.5 Å². The fourth-order valence-electron chi connectivity index (χ4n) is 3.23. The van der Waals surface area contributed by atoms with Crippen LogP contribution in [0.3, 0.4) is 0 Å². The summed E-state index contributed by atoms with van der Waals surface area (Å²) in [6, 6.07) is 5.31. The monoisotopic (exact) mass is 294 g/mol. The Hall–Kier alpha value is -1.13. The van der Waals surface area contributed by atoms with Crippen molar-refractivity contribution in [1.82, 2.24) is 10.2 Å². The van der Waals surface area contributed by atoms with Crippen LogP contribution < -0.4 is 10.1 Å². The molecule has 0 aliphatic heterocycles. The van der Waals surface area contributed by atoms with E-state index in [0.717, 1.165) is 12.1 Å². The first-order chi connectivity index (χ1) is 9.98. The van der Waals surface area contributed by atoms with Crippen LogP contribution in [0.1, 0.15) is 44.2 Å². The minimum atomic E-state index is -0.299. The van der Waals surface area contributed by atoms with Gasteiger partial charge in [0.05, 0.1) is 7.11 Å². The van der Waals surface area contributed by atoms with Crippen molar-refractivity contribution < 1.29 is 9.13 Å². The average Bonchev–Trinajstić information content (AvgIpc) is 2.95. The highest BCUT2D eigenvalue weighted by atomic mass is 19.1. The summed E-state index contributed by atoms with van der Waals surface area (Å²) < 4.78 is 18.8. The van der Waals surface area contributed by atoms with Gasteiger partial charge in [0.15, 0.2) is 11.6 Å². The molecule has 0 spiro atoms. The lowest BCUT2D eigenvalue weighted by Crippen LogP contribution is -2.50. The molecule has 1 aliphatic rings. The van der Waals surface area contributed by atoms with Gasteiger partial charge in [0.1, 0.15) is 0 Å². The predicted octanol–water partition coefficient (Wildman–Crippen LogP) is 3.36. The van der Waals surface area contributed by atoms with E-state index in [-0.39, 0.29) is 17.4 Å². The minimum Gasteiger partial charge on any atom is -0.494 e. The van der Waals surface area contributed by atoms with Crippen molar-refractivity contribution in [3.05, 3.63) is 29.6 Å². The van der Waals surface area contributed by atoms with Crippen molar-refractivity contribution in [2.75, 3.05) is 27.7 Å². The molecule has 21 heavy (non-hydrogen) atoms. The molecule has 0 amide bonds. The van der Waals surface area contributed by atoms with Crippen LogP contribution in [-0.4, -0.2) is 38.2 Å². The molecule has 1 aliphatic carbocycles. The predicted molar refractivity (Wildman–Crippen MR) is 84.3 cm³/mol. The molecule has 1 saturated carbocycles. The van der Waals surface area contributed by atoms with Crippen molar-refractivity contribution in [2.24, 2.45) is 0 Å². The number of nitrogens with zero attached hydrogens (tertiary/aromatic N) is 1.